The minimum absolute atomic E-state index is 0.0867. The second-order valence-corrected chi connectivity index (χ2v) is 9.03. The van der Waals surface area contributed by atoms with Gasteiger partial charge in [-0.3, -0.25) is 4.79 Å². The molecule has 0 aromatic heterocycles. The molecule has 3 unspecified atom stereocenters. The molecule has 0 saturated carbocycles. The van der Waals surface area contributed by atoms with Gasteiger partial charge >= 0.3 is 12.1 Å². The zero-order valence-corrected chi connectivity index (χ0v) is 19.4. The maximum absolute atomic E-state index is 13.1. The van der Waals surface area contributed by atoms with Crippen LogP contribution in [0.4, 0.5) is 4.79 Å². The van der Waals surface area contributed by atoms with Gasteiger partial charge in [0, 0.05) is 12.5 Å². The first kappa shape index (κ1) is 23.8. The lowest BCUT2D eigenvalue weighted by atomic mass is 9.94. The Balaban J connectivity index is 1.42. The van der Waals surface area contributed by atoms with Crippen molar-refractivity contribution in [2.75, 3.05) is 13.2 Å². The predicted octanol–water partition coefficient (Wildman–Crippen LogP) is 3.44. The van der Waals surface area contributed by atoms with E-state index in [1.807, 2.05) is 43.3 Å². The van der Waals surface area contributed by atoms with Crippen molar-refractivity contribution in [2.45, 2.75) is 56.7 Å². The van der Waals surface area contributed by atoms with Crippen molar-refractivity contribution < 1.29 is 29.0 Å². The molecule has 3 N–H and O–H groups in total. The third-order valence-electron chi connectivity index (χ3n) is 6.62. The van der Waals surface area contributed by atoms with Gasteiger partial charge in [0.05, 0.1) is 6.04 Å². The van der Waals surface area contributed by atoms with Crippen LogP contribution in [0.15, 0.2) is 48.5 Å². The van der Waals surface area contributed by atoms with Gasteiger partial charge in [-0.1, -0.05) is 61.9 Å². The molecule has 8 heteroatoms. The van der Waals surface area contributed by atoms with Crippen LogP contribution in [0.2, 0.25) is 0 Å². The molecule has 2 aromatic rings. The molecule has 1 aliphatic carbocycles. The lowest BCUT2D eigenvalue weighted by Crippen LogP contribution is -2.60. The number of carboxylic acids is 1. The Bertz CT molecular complexity index is 1040. The molecule has 1 aliphatic heterocycles. The molecule has 2 aromatic carbocycles. The van der Waals surface area contributed by atoms with Gasteiger partial charge in [0.25, 0.3) is 0 Å². The summed E-state index contributed by atoms with van der Waals surface area (Å²) in [6, 6.07) is 15.5. The largest absolute Gasteiger partial charge is 0.479 e. The van der Waals surface area contributed by atoms with Crippen molar-refractivity contribution in [3.05, 3.63) is 59.7 Å². The molecule has 0 spiro atoms. The number of nitrogens with one attached hydrogen (secondary N) is 2. The molecule has 3 atom stereocenters. The number of aliphatic carboxylic acids is 1. The van der Waals surface area contributed by atoms with E-state index in [9.17, 15) is 19.5 Å². The van der Waals surface area contributed by atoms with Gasteiger partial charge in [-0.25, -0.2) is 9.59 Å². The number of hydrogen-bond acceptors (Lipinski definition) is 5. The number of benzene rings is 2. The minimum atomic E-state index is -1.25. The summed E-state index contributed by atoms with van der Waals surface area (Å²) in [6.07, 6.45) is -0.379. The molecule has 8 nitrogen and oxygen atoms in total. The quantitative estimate of drug-likeness (QED) is 0.549. The fraction of sp³-hybridized carbons (Fsp3) is 0.423. The minimum Gasteiger partial charge on any atom is -0.479 e. The SMILES string of the molecule is CCCC(C)(NC(=O)OCC1c2ccccc2-c2ccccc21)C(=O)NC1CCOC1C(=O)O. The molecular weight excluding hydrogens is 436 g/mol. The van der Waals surface area contributed by atoms with Crippen molar-refractivity contribution in [2.24, 2.45) is 0 Å². The third kappa shape index (κ3) is 4.63. The number of ether oxygens (including phenoxy) is 2. The van der Waals surface area contributed by atoms with Gasteiger partial charge in [-0.2, -0.15) is 0 Å². The van der Waals surface area contributed by atoms with Crippen LogP contribution in [0, 0.1) is 0 Å². The van der Waals surface area contributed by atoms with Crippen molar-refractivity contribution in [1.29, 1.82) is 0 Å². The highest BCUT2D eigenvalue weighted by molar-refractivity contribution is 5.90. The lowest BCUT2D eigenvalue weighted by molar-refractivity contribution is -0.148. The van der Waals surface area contributed by atoms with Crippen LogP contribution in [0.3, 0.4) is 0 Å². The monoisotopic (exact) mass is 466 g/mol. The molecule has 4 rings (SSSR count). The second-order valence-electron chi connectivity index (χ2n) is 9.03. The first-order valence-electron chi connectivity index (χ1n) is 11.6. The number of alkyl carbamates (subject to hydrolysis) is 1. The smallest absolute Gasteiger partial charge is 0.408 e. The number of fused-ring (bicyclic) bond motifs is 3. The molecule has 2 aliphatic rings. The van der Waals surface area contributed by atoms with Crippen LogP contribution < -0.4 is 10.6 Å². The Kier molecular flexibility index (Phi) is 6.88. The van der Waals surface area contributed by atoms with Crippen LogP contribution in [0.5, 0.6) is 0 Å². The molecular formula is C26H30N2O6. The van der Waals surface area contributed by atoms with Crippen molar-refractivity contribution in [3.63, 3.8) is 0 Å². The Morgan fingerprint density at radius 1 is 1.09 bits per heavy atom. The highest BCUT2D eigenvalue weighted by atomic mass is 16.5. The maximum Gasteiger partial charge on any atom is 0.408 e. The van der Waals surface area contributed by atoms with Crippen LogP contribution in [0.25, 0.3) is 11.1 Å². The van der Waals surface area contributed by atoms with E-state index in [1.165, 1.54) is 0 Å². The summed E-state index contributed by atoms with van der Waals surface area (Å²) in [6.45, 7) is 3.93. The van der Waals surface area contributed by atoms with Crippen LogP contribution >= 0.6 is 0 Å². The van der Waals surface area contributed by atoms with Crippen molar-refractivity contribution in [3.8, 4) is 11.1 Å². The first-order chi connectivity index (χ1) is 16.3. The van der Waals surface area contributed by atoms with Gasteiger partial charge in [0.2, 0.25) is 5.91 Å². The number of rotatable bonds is 8. The zero-order valence-electron chi connectivity index (χ0n) is 19.4. The Labute approximate surface area is 198 Å². The van der Waals surface area contributed by atoms with E-state index in [2.05, 4.69) is 22.8 Å². The van der Waals surface area contributed by atoms with E-state index >= 15 is 0 Å². The van der Waals surface area contributed by atoms with Gasteiger partial charge in [0.15, 0.2) is 6.10 Å². The summed E-state index contributed by atoms with van der Waals surface area (Å²) in [7, 11) is 0. The molecule has 1 fully saturated rings. The molecule has 1 heterocycles. The Morgan fingerprint density at radius 3 is 2.29 bits per heavy atom. The Hall–Kier alpha value is -3.39. The van der Waals surface area contributed by atoms with E-state index in [0.29, 0.717) is 19.3 Å². The van der Waals surface area contributed by atoms with Gasteiger partial charge in [0.1, 0.15) is 12.1 Å². The lowest BCUT2D eigenvalue weighted by Gasteiger charge is -2.31. The highest BCUT2D eigenvalue weighted by Gasteiger charge is 2.41. The summed E-state index contributed by atoms with van der Waals surface area (Å²) in [5.74, 6) is -1.66. The number of hydrogen-bond donors (Lipinski definition) is 3. The second kappa shape index (κ2) is 9.85. The highest BCUT2D eigenvalue weighted by Crippen LogP contribution is 2.44. The van der Waals surface area contributed by atoms with Crippen LogP contribution in [-0.4, -0.2) is 54.0 Å². The van der Waals surface area contributed by atoms with Gasteiger partial charge < -0.3 is 25.2 Å². The topological polar surface area (TPSA) is 114 Å². The zero-order chi connectivity index (χ0) is 24.3. The van der Waals surface area contributed by atoms with E-state index < -0.39 is 35.7 Å². The van der Waals surface area contributed by atoms with Gasteiger partial charge in [-0.15, -0.1) is 0 Å². The average Bonchev–Trinajstić information content (AvgIpc) is 3.40. The molecule has 0 bridgehead atoms. The first-order valence-corrected chi connectivity index (χ1v) is 11.6. The number of carboxylic acid groups (broad SMARTS) is 1. The molecule has 34 heavy (non-hydrogen) atoms. The van der Waals surface area contributed by atoms with Crippen molar-refractivity contribution in [1.82, 2.24) is 10.6 Å². The average molecular weight is 467 g/mol. The van der Waals surface area contributed by atoms with Crippen LogP contribution in [-0.2, 0) is 19.1 Å². The van der Waals surface area contributed by atoms with Gasteiger partial charge in [-0.05, 0) is 42.0 Å². The summed E-state index contributed by atoms with van der Waals surface area (Å²) in [4.78, 5) is 37.2. The van der Waals surface area contributed by atoms with E-state index in [-0.39, 0.29) is 19.1 Å². The number of carbonyl (C=O) groups is 3. The summed E-state index contributed by atoms with van der Waals surface area (Å²) in [5, 5.41) is 14.8. The van der Waals surface area contributed by atoms with E-state index in [1.54, 1.807) is 6.92 Å². The van der Waals surface area contributed by atoms with E-state index in [4.69, 9.17) is 9.47 Å². The number of amides is 2. The fourth-order valence-electron chi connectivity index (χ4n) is 4.90. The summed E-state index contributed by atoms with van der Waals surface area (Å²) in [5.41, 5.74) is 3.23. The normalized spacial score (nSPS) is 20.6. The Morgan fingerprint density at radius 2 is 1.71 bits per heavy atom. The summed E-state index contributed by atoms with van der Waals surface area (Å²) < 4.78 is 10.8. The van der Waals surface area contributed by atoms with Crippen LogP contribution in [0.1, 0.15) is 50.2 Å². The fourth-order valence-corrected chi connectivity index (χ4v) is 4.90. The summed E-state index contributed by atoms with van der Waals surface area (Å²) >= 11 is 0. The van der Waals surface area contributed by atoms with Crippen molar-refractivity contribution >= 4 is 18.0 Å². The third-order valence-corrected chi connectivity index (χ3v) is 6.62. The molecule has 1 saturated heterocycles. The standard InChI is InChI=1S/C26H30N2O6/c1-3-13-26(2,24(31)27-21-12-14-33-22(21)23(29)30)28-25(32)34-15-20-18-10-6-4-8-16(18)17-9-5-7-11-19(17)20/h4-11,20-22H,3,12-15H2,1-2H3,(H,27,31)(H,28,32)(H,29,30). The predicted molar refractivity (Wildman–Crippen MR) is 125 cm³/mol. The number of carbonyl (C=O) groups excluding carboxylic acids is 2. The molecule has 0 radical (unpaired) electrons. The van der Waals surface area contributed by atoms with E-state index in [0.717, 1.165) is 22.3 Å². The molecule has 180 valence electrons. The maximum atomic E-state index is 13.1. The molecule has 2 amide bonds.